The number of thiophene rings is 1. The van der Waals surface area contributed by atoms with Gasteiger partial charge in [-0.15, -0.1) is 11.3 Å². The number of hydrogen-bond acceptors (Lipinski definition) is 4. The molecular formula is C18H12BrFO3S. The number of halogens is 2. The molecule has 1 aromatic heterocycles. The molecule has 1 unspecified atom stereocenters. The maximum absolute atomic E-state index is 13.2. The van der Waals surface area contributed by atoms with Crippen molar-refractivity contribution in [2.24, 2.45) is 0 Å². The first-order chi connectivity index (χ1) is 11.4. The lowest BCUT2D eigenvalue weighted by Gasteiger charge is -2.11. The molecule has 122 valence electrons. The minimum atomic E-state index is -0.902. The number of rotatable bonds is 4. The molecule has 0 N–H and O–H groups in total. The Morgan fingerprint density at radius 3 is 2.54 bits per heavy atom. The normalized spacial score (nSPS) is 12.1. The number of Topliss-reactive ketones (excluding diaryl/α,β-unsaturated/α-hetero) is 1. The van der Waals surface area contributed by atoms with Gasteiger partial charge in [0.2, 0.25) is 5.78 Å². The highest BCUT2D eigenvalue weighted by Crippen LogP contribution is 2.27. The van der Waals surface area contributed by atoms with Crippen LogP contribution in [0, 0.1) is 5.82 Å². The van der Waals surface area contributed by atoms with Crippen molar-refractivity contribution in [2.45, 2.75) is 13.0 Å². The van der Waals surface area contributed by atoms with Crippen molar-refractivity contribution in [1.82, 2.24) is 0 Å². The van der Waals surface area contributed by atoms with Crippen LogP contribution in [-0.4, -0.2) is 17.9 Å². The number of ketones is 1. The van der Waals surface area contributed by atoms with E-state index in [-0.39, 0.29) is 11.6 Å². The van der Waals surface area contributed by atoms with Gasteiger partial charge >= 0.3 is 5.97 Å². The zero-order valence-electron chi connectivity index (χ0n) is 12.6. The van der Waals surface area contributed by atoms with Crippen molar-refractivity contribution in [3.8, 4) is 0 Å². The van der Waals surface area contributed by atoms with Crippen molar-refractivity contribution in [2.75, 3.05) is 0 Å². The molecule has 0 saturated carbocycles. The summed E-state index contributed by atoms with van der Waals surface area (Å²) in [6, 6.07) is 12.7. The summed E-state index contributed by atoms with van der Waals surface area (Å²) in [5.41, 5.74) is 0.469. The van der Waals surface area contributed by atoms with Crippen molar-refractivity contribution in [3.63, 3.8) is 0 Å². The van der Waals surface area contributed by atoms with E-state index in [2.05, 4.69) is 15.9 Å². The van der Waals surface area contributed by atoms with Crippen LogP contribution < -0.4 is 0 Å². The first-order valence-corrected chi connectivity index (χ1v) is 8.75. The van der Waals surface area contributed by atoms with Crippen LogP contribution >= 0.6 is 27.3 Å². The van der Waals surface area contributed by atoms with E-state index in [9.17, 15) is 14.0 Å². The molecule has 1 heterocycles. The van der Waals surface area contributed by atoms with Crippen molar-refractivity contribution in [1.29, 1.82) is 0 Å². The lowest BCUT2D eigenvalue weighted by molar-refractivity contribution is 0.0323. The number of hydrogen-bond donors (Lipinski definition) is 0. The molecule has 0 radical (unpaired) electrons. The van der Waals surface area contributed by atoms with E-state index in [4.69, 9.17) is 4.74 Å². The third-order valence-corrected chi connectivity index (χ3v) is 5.09. The van der Waals surface area contributed by atoms with E-state index < -0.39 is 12.1 Å². The number of esters is 1. The van der Waals surface area contributed by atoms with Crippen molar-refractivity contribution < 1.29 is 18.7 Å². The molecule has 0 spiro atoms. The lowest BCUT2D eigenvalue weighted by Crippen LogP contribution is -2.24. The van der Waals surface area contributed by atoms with Crippen molar-refractivity contribution in [3.05, 3.63) is 69.3 Å². The maximum atomic E-state index is 13.2. The zero-order valence-corrected chi connectivity index (χ0v) is 15.0. The van der Waals surface area contributed by atoms with Gasteiger partial charge in [-0.25, -0.2) is 9.18 Å². The van der Waals surface area contributed by atoms with E-state index in [1.165, 1.54) is 30.4 Å². The average Bonchev–Trinajstić information content (AvgIpc) is 2.98. The Morgan fingerprint density at radius 2 is 1.83 bits per heavy atom. The van der Waals surface area contributed by atoms with Crippen LogP contribution in [0.2, 0.25) is 0 Å². The SMILES string of the molecule is CC(OC(=O)c1cc2cc(F)ccc2s1)C(=O)c1ccc(Br)cc1. The van der Waals surface area contributed by atoms with Gasteiger partial charge in [0, 0.05) is 14.7 Å². The van der Waals surface area contributed by atoms with Crippen LogP contribution in [-0.2, 0) is 4.74 Å². The van der Waals surface area contributed by atoms with Gasteiger partial charge in [-0.3, -0.25) is 4.79 Å². The molecule has 3 rings (SSSR count). The Hall–Kier alpha value is -2.05. The fourth-order valence-electron chi connectivity index (χ4n) is 2.24. The molecule has 3 aromatic rings. The van der Waals surface area contributed by atoms with E-state index in [1.54, 1.807) is 36.4 Å². The van der Waals surface area contributed by atoms with E-state index in [0.29, 0.717) is 15.8 Å². The summed E-state index contributed by atoms with van der Waals surface area (Å²) in [6.07, 6.45) is -0.902. The summed E-state index contributed by atoms with van der Waals surface area (Å²) in [4.78, 5) is 24.9. The number of carbonyl (C=O) groups is 2. The summed E-state index contributed by atoms with van der Waals surface area (Å²) in [5, 5.41) is 0.638. The Morgan fingerprint density at radius 1 is 1.12 bits per heavy atom. The van der Waals surface area contributed by atoms with Gasteiger partial charge in [-0.1, -0.05) is 28.1 Å². The van der Waals surface area contributed by atoms with Crippen LogP contribution in [0.25, 0.3) is 10.1 Å². The van der Waals surface area contributed by atoms with Crippen LogP contribution in [0.1, 0.15) is 27.0 Å². The molecule has 1 atom stereocenters. The first-order valence-electron chi connectivity index (χ1n) is 7.14. The number of fused-ring (bicyclic) bond motifs is 1. The molecule has 0 aliphatic rings. The number of carbonyl (C=O) groups excluding carboxylic acids is 2. The van der Waals surface area contributed by atoms with E-state index in [0.717, 1.165) is 9.17 Å². The molecule has 0 amide bonds. The standard InChI is InChI=1S/C18H12BrFO3S/c1-10(17(21)11-2-4-13(19)5-3-11)23-18(22)16-9-12-8-14(20)6-7-15(12)24-16/h2-10H,1H3. The lowest BCUT2D eigenvalue weighted by atomic mass is 10.1. The Labute approximate surface area is 150 Å². The second kappa shape index (κ2) is 6.83. The van der Waals surface area contributed by atoms with Crippen LogP contribution in [0.3, 0.4) is 0 Å². The fourth-order valence-corrected chi connectivity index (χ4v) is 3.43. The van der Waals surface area contributed by atoms with Gasteiger partial charge in [0.15, 0.2) is 6.10 Å². The smallest absolute Gasteiger partial charge is 0.349 e. The molecule has 0 bridgehead atoms. The van der Waals surface area contributed by atoms with Crippen LogP contribution in [0.15, 0.2) is 53.0 Å². The Balaban J connectivity index is 1.75. The first kappa shape index (κ1) is 16.8. The summed E-state index contributed by atoms with van der Waals surface area (Å²) in [6.45, 7) is 1.54. The molecule has 3 nitrogen and oxygen atoms in total. The quantitative estimate of drug-likeness (QED) is 0.439. The van der Waals surface area contributed by atoms with E-state index >= 15 is 0 Å². The number of ether oxygens (including phenoxy) is 1. The Bertz CT molecular complexity index is 918. The highest BCUT2D eigenvalue weighted by Gasteiger charge is 2.21. The van der Waals surface area contributed by atoms with E-state index in [1.807, 2.05) is 0 Å². The zero-order chi connectivity index (χ0) is 17.3. The van der Waals surface area contributed by atoms with Gasteiger partial charge < -0.3 is 4.74 Å². The summed E-state index contributed by atoms with van der Waals surface area (Å²) in [5.74, 6) is -1.23. The molecular weight excluding hydrogens is 395 g/mol. The Kier molecular flexibility index (Phi) is 4.78. The number of benzene rings is 2. The van der Waals surface area contributed by atoms with Gasteiger partial charge in [0.1, 0.15) is 10.7 Å². The molecule has 0 aliphatic heterocycles. The average molecular weight is 407 g/mol. The highest BCUT2D eigenvalue weighted by molar-refractivity contribution is 9.10. The minimum absolute atomic E-state index is 0.275. The molecule has 0 saturated heterocycles. The fraction of sp³-hybridized carbons (Fsp3) is 0.111. The molecule has 0 aliphatic carbocycles. The largest absolute Gasteiger partial charge is 0.450 e. The van der Waals surface area contributed by atoms with Gasteiger partial charge in [0.05, 0.1) is 0 Å². The molecule has 6 heteroatoms. The molecule has 0 fully saturated rings. The molecule has 24 heavy (non-hydrogen) atoms. The van der Waals surface area contributed by atoms with Crippen molar-refractivity contribution >= 4 is 49.1 Å². The van der Waals surface area contributed by atoms with Gasteiger partial charge in [-0.05, 0) is 48.7 Å². The predicted octanol–water partition coefficient (Wildman–Crippen LogP) is 5.23. The van der Waals surface area contributed by atoms with Gasteiger partial charge in [0.25, 0.3) is 0 Å². The molecule has 2 aromatic carbocycles. The van der Waals surface area contributed by atoms with Gasteiger partial charge in [-0.2, -0.15) is 0 Å². The third-order valence-electron chi connectivity index (χ3n) is 3.46. The highest BCUT2D eigenvalue weighted by atomic mass is 79.9. The summed E-state index contributed by atoms with van der Waals surface area (Å²) < 4.78 is 20.1. The topological polar surface area (TPSA) is 43.4 Å². The van der Waals surface area contributed by atoms with Crippen LogP contribution in [0.4, 0.5) is 4.39 Å². The monoisotopic (exact) mass is 406 g/mol. The maximum Gasteiger partial charge on any atom is 0.349 e. The third kappa shape index (κ3) is 3.55. The van der Waals surface area contributed by atoms with Crippen LogP contribution in [0.5, 0.6) is 0 Å². The minimum Gasteiger partial charge on any atom is -0.450 e. The summed E-state index contributed by atoms with van der Waals surface area (Å²) in [7, 11) is 0. The predicted molar refractivity (Wildman–Crippen MR) is 95.1 cm³/mol. The second-order valence-electron chi connectivity index (χ2n) is 5.21. The summed E-state index contributed by atoms with van der Waals surface area (Å²) >= 11 is 4.51. The second-order valence-corrected chi connectivity index (χ2v) is 7.21.